The van der Waals surface area contributed by atoms with Gasteiger partial charge in [-0.25, -0.2) is 4.39 Å². The van der Waals surface area contributed by atoms with Crippen molar-refractivity contribution in [1.29, 1.82) is 0 Å². The third-order valence-corrected chi connectivity index (χ3v) is 4.81. The maximum atomic E-state index is 11.8. The zero-order valence-electron chi connectivity index (χ0n) is 17.6. The van der Waals surface area contributed by atoms with E-state index in [0.717, 1.165) is 31.5 Å². The largest absolute Gasteiger partial charge is 0.507 e. The molecule has 0 bridgehead atoms. The number of carbonyl (C=O) groups is 1. The molecule has 8 heteroatoms. The molecule has 0 radical (unpaired) electrons. The molecule has 0 aliphatic carbocycles. The lowest BCUT2D eigenvalue weighted by Crippen LogP contribution is -2.25. The summed E-state index contributed by atoms with van der Waals surface area (Å²) in [5.74, 6) is 0.788. The number of nitrogens with one attached hydrogen (secondary N) is 1. The van der Waals surface area contributed by atoms with Crippen LogP contribution in [0, 0.1) is 0 Å². The van der Waals surface area contributed by atoms with Gasteiger partial charge in [-0.2, -0.15) is 0 Å². The van der Waals surface area contributed by atoms with Crippen LogP contribution in [0.25, 0.3) is 11.8 Å². The van der Waals surface area contributed by atoms with Gasteiger partial charge in [-0.05, 0) is 43.2 Å². The van der Waals surface area contributed by atoms with E-state index in [2.05, 4.69) is 16.3 Å². The Kier molecular flexibility index (Phi) is 9.64. The van der Waals surface area contributed by atoms with Crippen LogP contribution in [0.4, 0.5) is 10.2 Å². The fourth-order valence-electron chi connectivity index (χ4n) is 3.06. The first-order valence-corrected chi connectivity index (χ1v) is 10.2. The van der Waals surface area contributed by atoms with Gasteiger partial charge in [0.1, 0.15) is 17.7 Å². The van der Waals surface area contributed by atoms with Crippen LogP contribution in [-0.2, 0) is 9.53 Å². The molecule has 1 aromatic carbocycles. The number of H-pyrrole nitrogens is 1. The SMILES string of the molecule is C=CC(=O)N1CCCC1.FC1CCOC1.N/C(=C\c1cc[nH]c1N)c1ccccc1O. The minimum absolute atomic E-state index is 0.0764. The molecule has 3 heterocycles. The van der Waals surface area contributed by atoms with Gasteiger partial charge >= 0.3 is 0 Å². The Morgan fingerprint density at radius 2 is 2.00 bits per heavy atom. The van der Waals surface area contributed by atoms with Crippen LogP contribution in [0.1, 0.15) is 30.4 Å². The Balaban J connectivity index is 0.000000190. The summed E-state index contributed by atoms with van der Waals surface area (Å²) in [4.78, 5) is 15.5. The fourth-order valence-corrected chi connectivity index (χ4v) is 3.06. The summed E-state index contributed by atoms with van der Waals surface area (Å²) in [5, 5.41) is 9.62. The zero-order valence-corrected chi connectivity index (χ0v) is 17.6. The Morgan fingerprint density at radius 1 is 1.29 bits per heavy atom. The monoisotopic (exact) mass is 430 g/mol. The van der Waals surface area contributed by atoms with Gasteiger partial charge in [-0.3, -0.25) is 4.79 Å². The quantitative estimate of drug-likeness (QED) is 0.558. The Labute approximate surface area is 182 Å². The number of aromatic nitrogens is 1. The van der Waals surface area contributed by atoms with Gasteiger partial charge in [0.2, 0.25) is 5.91 Å². The topological polar surface area (TPSA) is 118 Å². The molecule has 168 valence electrons. The molecule has 1 unspecified atom stereocenters. The lowest BCUT2D eigenvalue weighted by atomic mass is 10.1. The highest BCUT2D eigenvalue weighted by Crippen LogP contribution is 2.24. The van der Waals surface area contributed by atoms with E-state index in [-0.39, 0.29) is 11.7 Å². The number of carbonyl (C=O) groups excluding carboxylic acids is 1. The fraction of sp³-hybridized carbons (Fsp3) is 0.348. The van der Waals surface area contributed by atoms with E-state index in [1.165, 1.54) is 6.08 Å². The third-order valence-electron chi connectivity index (χ3n) is 4.81. The number of aromatic amines is 1. The summed E-state index contributed by atoms with van der Waals surface area (Å²) in [6, 6.07) is 8.73. The number of para-hydroxylation sites is 1. The molecule has 2 fully saturated rings. The molecule has 6 N–H and O–H groups in total. The second-order valence-electron chi connectivity index (χ2n) is 7.16. The zero-order chi connectivity index (χ0) is 22.6. The summed E-state index contributed by atoms with van der Waals surface area (Å²) in [5.41, 5.74) is 13.5. The van der Waals surface area contributed by atoms with Crippen LogP contribution in [0.15, 0.2) is 49.2 Å². The second-order valence-corrected chi connectivity index (χ2v) is 7.16. The number of nitrogens with two attached hydrogens (primary N) is 2. The maximum absolute atomic E-state index is 11.8. The van der Waals surface area contributed by atoms with Crippen molar-refractivity contribution in [1.82, 2.24) is 9.88 Å². The van der Waals surface area contributed by atoms with Crippen molar-refractivity contribution in [2.75, 3.05) is 32.0 Å². The number of amides is 1. The molecule has 1 atom stereocenters. The van der Waals surface area contributed by atoms with Crippen molar-refractivity contribution in [3.05, 3.63) is 60.3 Å². The van der Waals surface area contributed by atoms with Crippen molar-refractivity contribution in [3.8, 4) is 5.75 Å². The number of nitrogens with zero attached hydrogens (tertiary/aromatic N) is 1. The standard InChI is InChI=1S/C12H13N3O.C7H11NO.C4H7FO/c13-10(7-8-5-6-15-12(8)14)9-3-1-2-4-11(9)16;1-2-7(9)8-5-3-4-6-8;5-4-1-2-6-3-4/h1-7,15-16H,13-14H2;2H,1,3-6H2;4H,1-3H2/b10-7-;;. The minimum atomic E-state index is -0.676. The molecule has 2 aliphatic heterocycles. The molecular formula is C23H31FN4O3. The molecule has 31 heavy (non-hydrogen) atoms. The van der Waals surface area contributed by atoms with Crippen LogP contribution < -0.4 is 11.5 Å². The van der Waals surface area contributed by atoms with E-state index in [1.807, 2.05) is 17.0 Å². The van der Waals surface area contributed by atoms with Gasteiger partial charge in [0.25, 0.3) is 0 Å². The smallest absolute Gasteiger partial charge is 0.245 e. The molecule has 4 rings (SSSR count). The summed E-state index contributed by atoms with van der Waals surface area (Å²) in [6.45, 7) is 6.19. The van der Waals surface area contributed by atoms with Gasteiger partial charge < -0.3 is 31.2 Å². The highest BCUT2D eigenvalue weighted by molar-refractivity contribution is 5.87. The van der Waals surface area contributed by atoms with Crippen molar-refractivity contribution >= 4 is 23.5 Å². The van der Waals surface area contributed by atoms with E-state index >= 15 is 0 Å². The number of anilines is 1. The Hall–Kier alpha value is -3.26. The Bertz CT molecular complexity index is 869. The third kappa shape index (κ3) is 7.82. The second kappa shape index (κ2) is 12.4. The van der Waals surface area contributed by atoms with Crippen molar-refractivity contribution < 1.29 is 19.0 Å². The number of rotatable bonds is 3. The van der Waals surface area contributed by atoms with Crippen LogP contribution in [-0.4, -0.2) is 53.4 Å². The Morgan fingerprint density at radius 3 is 2.48 bits per heavy atom. The average molecular weight is 431 g/mol. The number of nitrogen functional groups attached to an aromatic ring is 1. The summed E-state index contributed by atoms with van der Waals surface area (Å²) >= 11 is 0. The number of alkyl halides is 1. The number of aromatic hydroxyl groups is 1. The number of phenols is 1. The normalized spacial score (nSPS) is 17.9. The first-order chi connectivity index (χ1) is 14.9. The van der Waals surface area contributed by atoms with Crippen LogP contribution in [0.3, 0.4) is 0 Å². The minimum Gasteiger partial charge on any atom is -0.507 e. The lowest BCUT2D eigenvalue weighted by molar-refractivity contribution is -0.124. The predicted molar refractivity (Wildman–Crippen MR) is 122 cm³/mol. The first kappa shape index (κ1) is 24.0. The van der Waals surface area contributed by atoms with E-state index in [0.29, 0.717) is 36.7 Å². The van der Waals surface area contributed by atoms with Gasteiger partial charge in [-0.15, -0.1) is 0 Å². The molecule has 7 nitrogen and oxygen atoms in total. The molecule has 0 spiro atoms. The highest BCUT2D eigenvalue weighted by atomic mass is 19.1. The summed E-state index contributed by atoms with van der Waals surface area (Å²) in [6.07, 6.45) is 7.06. The van der Waals surface area contributed by atoms with Gasteiger partial charge in [-0.1, -0.05) is 18.7 Å². The van der Waals surface area contributed by atoms with Crippen molar-refractivity contribution in [2.45, 2.75) is 25.4 Å². The number of benzene rings is 1. The summed E-state index contributed by atoms with van der Waals surface area (Å²) in [7, 11) is 0. The molecule has 2 saturated heterocycles. The number of phenolic OH excluding ortho intramolecular Hbond substituents is 1. The molecule has 2 aliphatic rings. The van der Waals surface area contributed by atoms with Gasteiger partial charge in [0, 0.05) is 49.1 Å². The van der Waals surface area contributed by atoms with E-state index in [9.17, 15) is 14.3 Å². The van der Waals surface area contributed by atoms with Gasteiger partial charge in [0.05, 0.1) is 6.61 Å². The van der Waals surface area contributed by atoms with Crippen molar-refractivity contribution in [3.63, 3.8) is 0 Å². The first-order valence-electron chi connectivity index (χ1n) is 10.2. The molecule has 1 amide bonds. The molecule has 2 aromatic rings. The number of ether oxygens (including phenoxy) is 1. The lowest BCUT2D eigenvalue weighted by Gasteiger charge is -2.10. The molecular weight excluding hydrogens is 399 g/mol. The van der Waals surface area contributed by atoms with Crippen LogP contribution in [0.2, 0.25) is 0 Å². The highest BCUT2D eigenvalue weighted by Gasteiger charge is 2.14. The van der Waals surface area contributed by atoms with Crippen molar-refractivity contribution in [2.24, 2.45) is 5.73 Å². The number of hydrogen-bond acceptors (Lipinski definition) is 5. The van der Waals surface area contributed by atoms with E-state index in [4.69, 9.17) is 11.5 Å². The van der Waals surface area contributed by atoms with E-state index in [1.54, 1.807) is 30.5 Å². The number of halogens is 1. The maximum Gasteiger partial charge on any atom is 0.245 e. The predicted octanol–water partition coefficient (Wildman–Crippen LogP) is 3.30. The van der Waals surface area contributed by atoms with Crippen LogP contribution >= 0.6 is 0 Å². The number of hydrogen-bond donors (Lipinski definition) is 4. The number of likely N-dealkylation sites (tertiary alicyclic amines) is 1. The van der Waals surface area contributed by atoms with E-state index < -0.39 is 6.17 Å². The summed E-state index contributed by atoms with van der Waals surface area (Å²) < 4.78 is 16.5. The van der Waals surface area contributed by atoms with Gasteiger partial charge in [0.15, 0.2) is 0 Å². The average Bonchev–Trinajstić information content (AvgIpc) is 3.53. The van der Waals surface area contributed by atoms with Crippen LogP contribution in [0.5, 0.6) is 5.75 Å². The molecule has 0 saturated carbocycles. The molecule has 1 aromatic heterocycles.